The Bertz CT molecular complexity index is 1540. The number of carboxylic acid groups (broad SMARTS) is 1. The van der Waals surface area contributed by atoms with Gasteiger partial charge >= 0.3 is 47.2 Å². The van der Waals surface area contributed by atoms with Crippen molar-refractivity contribution in [2.45, 2.75) is 24.4 Å². The summed E-state index contributed by atoms with van der Waals surface area (Å²) in [6, 6.07) is 1.58. The minimum absolute atomic E-state index is 0. The van der Waals surface area contributed by atoms with Crippen LogP contribution < -0.4 is 61.9 Å². The number of aromatic nitrogens is 2. The molecule has 0 radical (unpaired) electrons. The summed E-state index contributed by atoms with van der Waals surface area (Å²) >= 11 is 1.13. The number of amides is 4. The van der Waals surface area contributed by atoms with Crippen LogP contribution in [0.2, 0.25) is 0 Å². The van der Waals surface area contributed by atoms with E-state index in [2.05, 4.69) is 20.9 Å². The zero-order valence-electron chi connectivity index (χ0n) is 21.5. The van der Waals surface area contributed by atoms with Gasteiger partial charge in [-0.05, 0) is 17.7 Å². The Labute approximate surface area is 256 Å². The van der Waals surface area contributed by atoms with Crippen LogP contribution in [-0.4, -0.2) is 73.5 Å². The third kappa shape index (κ3) is 6.99. The number of ether oxygens (including phenoxy) is 1. The van der Waals surface area contributed by atoms with Crippen LogP contribution in [0.4, 0.5) is 10.5 Å². The molecule has 1 fully saturated rings. The van der Waals surface area contributed by atoms with Gasteiger partial charge < -0.3 is 40.7 Å². The van der Waals surface area contributed by atoms with Gasteiger partial charge in [0.25, 0.3) is 11.5 Å². The molecule has 0 spiro atoms. The maximum Gasteiger partial charge on any atom is 1.00 e. The third-order valence-corrected chi connectivity index (χ3v) is 7.16. The molecule has 4 rings (SSSR count). The number of β-lactam (4-membered cyclic amide) rings is 1. The Balaban J connectivity index is 0.00000462. The number of hydrogen-bond donors (Lipinski definition) is 6. The number of fused-ring (bicyclic) bond motifs is 1. The maximum absolute atomic E-state index is 13.3. The van der Waals surface area contributed by atoms with Crippen LogP contribution in [0, 0.1) is 0 Å². The van der Waals surface area contributed by atoms with Crippen molar-refractivity contribution in [2.75, 3.05) is 17.7 Å². The van der Waals surface area contributed by atoms with Crippen molar-refractivity contribution >= 4 is 47.2 Å². The Morgan fingerprint density at radius 2 is 1.88 bits per heavy atom. The number of phenolic OH excluding ortho intramolecular Hbond substituents is 1. The molecule has 210 valence electrons. The number of H-pyrrole nitrogens is 2. The van der Waals surface area contributed by atoms with E-state index in [0.717, 1.165) is 29.8 Å². The van der Waals surface area contributed by atoms with Crippen molar-refractivity contribution in [3.05, 3.63) is 68.1 Å². The van der Waals surface area contributed by atoms with Gasteiger partial charge in [-0.1, -0.05) is 12.1 Å². The number of aliphatic carboxylic acids is 1. The predicted octanol–water partition coefficient (Wildman–Crippen LogP) is -5.40. The zero-order chi connectivity index (χ0) is 29.1. The van der Waals surface area contributed by atoms with Crippen molar-refractivity contribution in [1.82, 2.24) is 25.5 Å². The Kier molecular flexibility index (Phi) is 10.0. The predicted molar refractivity (Wildman–Crippen MR) is 134 cm³/mol. The van der Waals surface area contributed by atoms with Gasteiger partial charge in [0.2, 0.25) is 5.91 Å². The first-order valence-electron chi connectivity index (χ1n) is 11.5. The summed E-state index contributed by atoms with van der Waals surface area (Å²) in [5.74, 6) is -3.96. The first kappa shape index (κ1) is 31.5. The summed E-state index contributed by atoms with van der Waals surface area (Å²) in [6.07, 6.45) is 0.955. The molecule has 16 nitrogen and oxygen atoms in total. The van der Waals surface area contributed by atoms with Gasteiger partial charge in [-0.25, -0.2) is 9.59 Å². The number of aromatic hydroxyl groups is 1. The number of nitrogens with zero attached hydrogens (tertiary/aromatic N) is 1. The molecule has 2 aliphatic heterocycles. The van der Waals surface area contributed by atoms with E-state index >= 15 is 0 Å². The Morgan fingerprint density at radius 3 is 2.49 bits per heavy atom. The number of nitrogens with one attached hydrogen (secondary N) is 5. The number of anilines is 1. The summed E-state index contributed by atoms with van der Waals surface area (Å²) in [4.78, 5) is 89.9. The van der Waals surface area contributed by atoms with Gasteiger partial charge in [0.1, 0.15) is 35.5 Å². The zero-order valence-corrected chi connectivity index (χ0v) is 24.3. The monoisotopic (exact) mass is 596 g/mol. The molecular formula is C23H21N6NaO10S. The van der Waals surface area contributed by atoms with Crippen LogP contribution in [0.25, 0.3) is 0 Å². The van der Waals surface area contributed by atoms with E-state index in [1.807, 2.05) is 4.98 Å². The van der Waals surface area contributed by atoms with Gasteiger partial charge in [0, 0.05) is 24.4 Å². The molecule has 0 bridgehead atoms. The average Bonchev–Trinajstić information content (AvgIpc) is 2.90. The summed E-state index contributed by atoms with van der Waals surface area (Å²) in [6.45, 7) is 0.801. The van der Waals surface area contributed by atoms with Gasteiger partial charge in [0.05, 0.1) is 11.7 Å². The molecule has 1 aromatic carbocycles. The molecule has 41 heavy (non-hydrogen) atoms. The van der Waals surface area contributed by atoms with Crippen LogP contribution in [0.5, 0.6) is 5.75 Å². The quantitative estimate of drug-likeness (QED) is 0.0954. The average molecular weight is 597 g/mol. The summed E-state index contributed by atoms with van der Waals surface area (Å²) in [5.41, 5.74) is -2.11. The van der Waals surface area contributed by atoms with Gasteiger partial charge in [-0.3, -0.25) is 29.1 Å². The number of carbonyl (C=O) groups is 5. The number of rotatable bonds is 8. The molecule has 0 aliphatic carbocycles. The molecule has 6 N–H and O–H groups in total. The molecule has 2 aromatic rings. The Hall–Kier alpha value is -4.06. The first-order chi connectivity index (χ1) is 19.0. The number of thioether (sulfide) groups is 1. The number of esters is 1. The smallest absolute Gasteiger partial charge is 0.543 e. The van der Waals surface area contributed by atoms with E-state index in [4.69, 9.17) is 4.74 Å². The molecule has 3 heterocycles. The van der Waals surface area contributed by atoms with Crippen molar-refractivity contribution in [3.8, 4) is 5.75 Å². The number of hydrogen-bond acceptors (Lipinski definition) is 11. The topological polar surface area (TPSA) is 243 Å². The fourth-order valence-electron chi connectivity index (χ4n) is 3.97. The van der Waals surface area contributed by atoms with E-state index in [1.54, 1.807) is 0 Å². The second-order valence-corrected chi connectivity index (χ2v) is 9.63. The maximum atomic E-state index is 13.3. The minimum atomic E-state index is -1.65. The van der Waals surface area contributed by atoms with Gasteiger partial charge in [-0.15, -0.1) is 11.8 Å². The van der Waals surface area contributed by atoms with Crippen molar-refractivity contribution in [1.29, 1.82) is 0 Å². The van der Waals surface area contributed by atoms with Crippen LogP contribution in [0.1, 0.15) is 18.5 Å². The molecule has 2 aliphatic rings. The van der Waals surface area contributed by atoms with E-state index < -0.39 is 64.2 Å². The van der Waals surface area contributed by atoms with Crippen molar-refractivity contribution < 1.29 is 68.5 Å². The molecule has 1 unspecified atom stereocenters. The van der Waals surface area contributed by atoms with Crippen LogP contribution in [0.15, 0.2) is 51.3 Å². The third-order valence-electron chi connectivity index (χ3n) is 5.82. The number of benzene rings is 1. The molecule has 4 amide bonds. The van der Waals surface area contributed by atoms with Crippen LogP contribution >= 0.6 is 11.8 Å². The summed E-state index contributed by atoms with van der Waals surface area (Å²) in [5, 5.41) is 27.6. The molecule has 0 saturated carbocycles. The molecule has 18 heteroatoms. The minimum Gasteiger partial charge on any atom is -0.543 e. The van der Waals surface area contributed by atoms with E-state index in [9.17, 15) is 43.8 Å². The summed E-state index contributed by atoms with van der Waals surface area (Å²) < 4.78 is 4.87. The van der Waals surface area contributed by atoms with Crippen LogP contribution in [0.3, 0.4) is 0 Å². The second kappa shape index (κ2) is 13.1. The standard InChI is InChI=1S/C23H22N6O10S.Na/c1-9(30)39-7-11-8-40-20-15(19(34)29(20)16(11)21(35)36)26-18(33)14(10-2-4-12(31)5-3-10)27-23(38)25-13-6-24-22(37)28-17(13)32;/h2-6,14-15,20,31H,7-8H2,1H3,(H,26,33)(H,35,36)(H2,25,27,38)(H2,24,28,32,37);/q;+1/p-1/t14-,15?,20-;/m1./s1. The van der Waals surface area contributed by atoms with Crippen molar-refractivity contribution in [3.63, 3.8) is 0 Å². The van der Waals surface area contributed by atoms with Crippen molar-refractivity contribution in [2.24, 2.45) is 0 Å². The number of carboxylic acids is 1. The fourth-order valence-corrected chi connectivity index (χ4v) is 5.29. The molecule has 1 aromatic heterocycles. The van der Waals surface area contributed by atoms with Gasteiger partial charge in [0.15, 0.2) is 0 Å². The number of aromatic amines is 2. The van der Waals surface area contributed by atoms with E-state index in [-0.39, 0.29) is 64.5 Å². The van der Waals surface area contributed by atoms with E-state index in [1.165, 1.54) is 24.3 Å². The normalized spacial score (nSPS) is 18.2. The van der Waals surface area contributed by atoms with Gasteiger partial charge in [-0.2, -0.15) is 0 Å². The number of carbonyl (C=O) groups excluding carboxylic acids is 5. The van der Waals surface area contributed by atoms with E-state index in [0.29, 0.717) is 0 Å². The largest absolute Gasteiger partial charge is 1.00 e. The Morgan fingerprint density at radius 1 is 1.20 bits per heavy atom. The molecule has 1 saturated heterocycles. The first-order valence-corrected chi connectivity index (χ1v) is 12.5. The SMILES string of the molecule is CC(=O)OCC1=C(C(=O)[O-])N2C(=O)C(NC(=O)[C@H](NC(=O)Nc3c[nH]c(=O)[nH]c3=O)c3ccc(O)cc3)[C@H]2SC1.[Na+]. The molecule has 3 atom stereocenters. The fraction of sp³-hybridized carbons (Fsp3) is 0.261. The second-order valence-electron chi connectivity index (χ2n) is 8.52. The molecular weight excluding hydrogens is 575 g/mol. The van der Waals surface area contributed by atoms with Crippen LogP contribution in [-0.2, 0) is 23.9 Å². The number of phenols is 1. The summed E-state index contributed by atoms with van der Waals surface area (Å²) in [7, 11) is 0. The number of urea groups is 1.